The molecule has 22 nitrogen and oxygen atoms in total. The molecule has 7 rings (SSSR count). The molecule has 5 aliphatic heterocycles. The van der Waals surface area contributed by atoms with E-state index in [1.54, 1.807) is 0 Å². The third kappa shape index (κ3) is 5.34. The predicted molar refractivity (Wildman–Crippen MR) is 142 cm³/mol. The number of hydrogen-bond donors (Lipinski definition) is 6. The van der Waals surface area contributed by atoms with Crippen molar-refractivity contribution in [3.05, 3.63) is 12.7 Å². The number of anilines is 1. The average molecular weight is 676 g/mol. The highest BCUT2D eigenvalue weighted by Crippen LogP contribution is 2.53. The minimum atomic E-state index is -5.16. The lowest BCUT2D eigenvalue weighted by Gasteiger charge is -2.31. The van der Waals surface area contributed by atoms with Crippen LogP contribution < -0.4 is 11.1 Å². The van der Waals surface area contributed by atoms with Crippen LogP contribution in [0.15, 0.2) is 22.6 Å². The molecular weight excluding hydrogens is 653 g/mol. The van der Waals surface area contributed by atoms with E-state index in [2.05, 4.69) is 30.3 Å². The average Bonchev–Trinajstić information content (AvgIpc) is 3.72. The summed E-state index contributed by atoms with van der Waals surface area (Å²) in [7, 11) is -10.3. The van der Waals surface area contributed by atoms with Crippen molar-refractivity contribution < 1.29 is 60.8 Å². The van der Waals surface area contributed by atoms with E-state index in [9.17, 15) is 28.8 Å². The number of aliphatic imine (C=N–C) groups is 2. The molecule has 242 valence electrons. The number of halogens is 1. The number of carbonyl (C=O) groups is 1. The molecule has 7 N–H and O–H groups in total. The van der Waals surface area contributed by atoms with Crippen LogP contribution in [0.1, 0.15) is 6.23 Å². The lowest BCUT2D eigenvalue weighted by Crippen LogP contribution is -2.53. The normalized spacial score (nSPS) is 42.0. The van der Waals surface area contributed by atoms with Crippen LogP contribution in [0.25, 0.3) is 11.2 Å². The number of imidazole rings is 1. The van der Waals surface area contributed by atoms with Gasteiger partial charge >= 0.3 is 15.6 Å². The number of nitrogen functional groups attached to an aromatic ring is 1. The molecule has 0 aromatic carbocycles. The summed E-state index contributed by atoms with van der Waals surface area (Å²) in [6.45, 7) is -1.78. The second kappa shape index (κ2) is 10.9. The summed E-state index contributed by atoms with van der Waals surface area (Å²) >= 11 is 0. The Morgan fingerprint density at radius 2 is 1.73 bits per heavy atom. The zero-order valence-electron chi connectivity index (χ0n) is 22.3. The Morgan fingerprint density at radius 3 is 2.49 bits per heavy atom. The van der Waals surface area contributed by atoms with Crippen molar-refractivity contribution in [2.24, 2.45) is 9.98 Å². The van der Waals surface area contributed by atoms with Crippen LogP contribution in [0, 0.1) is 5.41 Å². The second-order valence-corrected chi connectivity index (χ2v) is 13.0. The van der Waals surface area contributed by atoms with Crippen molar-refractivity contribution in [2.75, 3.05) is 18.9 Å². The Balaban J connectivity index is 1.17. The number of nitrogens with one attached hydrogen (secondary N) is 2. The molecule has 3 saturated heterocycles. The maximum atomic E-state index is 15.9. The van der Waals surface area contributed by atoms with Gasteiger partial charge in [0.15, 0.2) is 42.0 Å². The number of hydrogen-bond acceptors (Lipinski definition) is 17. The lowest BCUT2D eigenvalue weighted by molar-refractivity contribution is -0.119. The van der Waals surface area contributed by atoms with Crippen molar-refractivity contribution in [3.8, 4) is 0 Å². The van der Waals surface area contributed by atoms with Crippen LogP contribution in [0.2, 0.25) is 0 Å². The maximum Gasteiger partial charge on any atom is 0.472 e. The number of amides is 1. The van der Waals surface area contributed by atoms with Crippen molar-refractivity contribution in [3.63, 3.8) is 0 Å². The fraction of sp³-hybridized carbons (Fsp3) is 0.550. The molecule has 7 heterocycles. The number of alkyl halides is 1. The lowest BCUT2D eigenvalue weighted by atomic mass is 10.1. The van der Waals surface area contributed by atoms with Crippen LogP contribution in [0.5, 0.6) is 0 Å². The molecule has 2 bridgehead atoms. The number of aliphatic hydroxyl groups excluding tert-OH is 1. The first-order chi connectivity index (χ1) is 21.3. The number of amidine groups is 1. The van der Waals surface area contributed by atoms with E-state index in [1.807, 2.05) is 0 Å². The topological polar surface area (TPSA) is 301 Å². The number of aliphatic hydroxyl groups is 1. The number of fused-ring (bicyclic) bond motifs is 5. The molecule has 1 amide bonds. The Hall–Kier alpha value is -3.34. The summed E-state index contributed by atoms with van der Waals surface area (Å²) in [4.78, 5) is 54.3. The van der Waals surface area contributed by atoms with E-state index in [1.165, 1.54) is 0 Å². The van der Waals surface area contributed by atoms with Gasteiger partial charge in [0.2, 0.25) is 5.96 Å². The van der Waals surface area contributed by atoms with Crippen molar-refractivity contribution in [1.82, 2.24) is 29.7 Å². The minimum absolute atomic E-state index is 0.00826. The van der Waals surface area contributed by atoms with Gasteiger partial charge in [-0.15, -0.1) is 0 Å². The molecule has 0 spiro atoms. The Kier molecular flexibility index (Phi) is 7.33. The van der Waals surface area contributed by atoms with E-state index in [0.717, 1.165) is 28.5 Å². The number of rotatable bonds is 2. The summed E-state index contributed by atoms with van der Waals surface area (Å²) < 4.78 is 75.1. The quantitative estimate of drug-likeness (QED) is 0.186. The van der Waals surface area contributed by atoms with Crippen LogP contribution in [0.4, 0.5) is 10.2 Å². The third-order valence-electron chi connectivity index (χ3n) is 7.39. The standard InChI is InChI=1S/C20H23FN10O12P2/c21-8-12-7(41-18(8)30-4-26-9-14(22)24-3-25-15(9)30)2-39-45(36,37)43-13-11(32)6(1-38-44(34,35)42-12)40-19(13)31-5-27-10-16(31)28-20(23)29-17(10)33/h3-8,10-13,18-19,32H,1-2H2,(H,34,35)(H,36,37)(H2,22,24,25)(H2,23,29,33)/t6-,7-,8+,10?,11?,12?,13+,18-,19-/m1/s1. The van der Waals surface area contributed by atoms with Gasteiger partial charge in [-0.1, -0.05) is 0 Å². The first-order valence-corrected chi connectivity index (χ1v) is 16.0. The van der Waals surface area contributed by atoms with E-state index in [0.29, 0.717) is 0 Å². The van der Waals surface area contributed by atoms with Crippen molar-refractivity contribution >= 4 is 56.7 Å². The van der Waals surface area contributed by atoms with Gasteiger partial charge in [-0.05, 0) is 0 Å². The Bertz CT molecular complexity index is 1730. The highest BCUT2D eigenvalue weighted by Gasteiger charge is 2.56. The molecule has 45 heavy (non-hydrogen) atoms. The van der Waals surface area contributed by atoms with Gasteiger partial charge < -0.3 is 30.1 Å². The molecule has 2 aromatic rings. The van der Waals surface area contributed by atoms with Gasteiger partial charge in [-0.3, -0.25) is 48.1 Å². The number of phosphoric acid groups is 2. The minimum Gasteiger partial charge on any atom is -0.387 e. The number of ether oxygens (including phenoxy) is 2. The molecule has 0 radical (unpaired) electrons. The molecular formula is C20H23FN10O12P2. The Morgan fingerprint density at radius 1 is 1.04 bits per heavy atom. The van der Waals surface area contributed by atoms with E-state index in [4.69, 9.17) is 38.7 Å². The van der Waals surface area contributed by atoms with Gasteiger partial charge in [-0.2, -0.15) is 4.99 Å². The molecule has 5 unspecified atom stereocenters. The van der Waals surface area contributed by atoms with E-state index >= 15 is 4.39 Å². The number of phosphoric ester groups is 2. The van der Waals surface area contributed by atoms with Crippen molar-refractivity contribution in [2.45, 2.75) is 55.2 Å². The van der Waals surface area contributed by atoms with Crippen LogP contribution in [0.3, 0.4) is 0 Å². The zero-order valence-corrected chi connectivity index (χ0v) is 24.1. The Labute approximate surface area is 249 Å². The number of nitrogens with zero attached hydrogens (tertiary/aromatic N) is 7. The van der Waals surface area contributed by atoms with Gasteiger partial charge in [0.25, 0.3) is 5.91 Å². The largest absolute Gasteiger partial charge is 0.472 e. The number of aromatic nitrogens is 4. The predicted octanol–water partition coefficient (Wildman–Crippen LogP) is -2.08. The SMILES string of the molecule is N=C1N=C2C(N=CN2[C@@H]2O[C@@H]3COP(=O)(O)OC4[C@@H](COP(=O)(O)O[C@H]2C3O)O[C@@H](n2cnc3c(N)ncnc32)[C@H]4F)C(=O)N1. The van der Waals surface area contributed by atoms with E-state index in [-0.39, 0.29) is 22.8 Å². The van der Waals surface area contributed by atoms with Crippen LogP contribution >= 0.6 is 15.6 Å². The van der Waals surface area contributed by atoms with Gasteiger partial charge in [0.1, 0.15) is 42.4 Å². The first kappa shape index (κ1) is 30.3. The first-order valence-electron chi connectivity index (χ1n) is 13.0. The summed E-state index contributed by atoms with van der Waals surface area (Å²) in [6, 6.07) is -1.20. The van der Waals surface area contributed by atoms with Gasteiger partial charge in [0.05, 0.1) is 25.9 Å². The fourth-order valence-electron chi connectivity index (χ4n) is 5.36. The van der Waals surface area contributed by atoms with Crippen LogP contribution in [-0.4, -0.2) is 126 Å². The number of nitrogens with two attached hydrogens (primary N) is 1. The summed E-state index contributed by atoms with van der Waals surface area (Å²) in [5.74, 6) is -1.34. The number of carbonyl (C=O) groups excluding carboxylic acids is 1. The zero-order chi connectivity index (χ0) is 31.8. The third-order valence-corrected chi connectivity index (χ3v) is 9.36. The smallest absolute Gasteiger partial charge is 0.387 e. The molecule has 11 atom stereocenters. The maximum absolute atomic E-state index is 15.9. The molecule has 2 aromatic heterocycles. The second-order valence-electron chi connectivity index (χ2n) is 10.2. The molecule has 0 aliphatic carbocycles. The molecule has 25 heteroatoms. The highest BCUT2D eigenvalue weighted by atomic mass is 31.2. The summed E-state index contributed by atoms with van der Waals surface area (Å²) in [6.07, 6.45) is -10.5. The van der Waals surface area contributed by atoms with Crippen LogP contribution in [-0.2, 0) is 41.5 Å². The molecule has 0 saturated carbocycles. The summed E-state index contributed by atoms with van der Waals surface area (Å²) in [5.41, 5.74) is 5.97. The monoisotopic (exact) mass is 676 g/mol. The van der Waals surface area contributed by atoms with Gasteiger partial charge in [0, 0.05) is 0 Å². The van der Waals surface area contributed by atoms with Crippen molar-refractivity contribution in [1.29, 1.82) is 5.41 Å². The van der Waals surface area contributed by atoms with E-state index < -0.39 is 95.9 Å². The highest BCUT2D eigenvalue weighted by molar-refractivity contribution is 7.47. The fourth-order valence-corrected chi connectivity index (χ4v) is 7.25. The number of guanidine groups is 1. The molecule has 5 aliphatic rings. The summed E-state index contributed by atoms with van der Waals surface area (Å²) in [5, 5.41) is 20.9. The molecule has 3 fully saturated rings. The van der Waals surface area contributed by atoms with Gasteiger partial charge in [-0.25, -0.2) is 28.5 Å².